The molecule has 34 heavy (non-hydrogen) atoms. The SMILES string of the molecule is Cc1ccc(S(=O)(=O)N2CCC(C(=O)N3CCC(Oc4c(C)cccc4C)CC3)CC2)cc1C. The quantitative estimate of drug-likeness (QED) is 0.631. The first kappa shape index (κ1) is 24.7. The summed E-state index contributed by atoms with van der Waals surface area (Å²) in [6.07, 6.45) is 2.90. The average molecular weight is 485 g/mol. The zero-order valence-corrected chi connectivity index (χ0v) is 21.5. The second-order valence-electron chi connectivity index (χ2n) is 9.79. The predicted molar refractivity (Wildman–Crippen MR) is 134 cm³/mol. The maximum absolute atomic E-state index is 13.2. The standard InChI is InChI=1S/C27H36N2O4S/c1-19-8-9-25(18-22(19)4)34(31,32)29-16-10-23(11-17-29)27(30)28-14-12-24(13-15-28)33-26-20(2)6-5-7-21(26)3/h5-9,18,23-24H,10-17H2,1-4H3. The fraction of sp³-hybridized carbons (Fsp3) is 0.519. The second-order valence-corrected chi connectivity index (χ2v) is 11.7. The van der Waals surface area contributed by atoms with Crippen molar-refractivity contribution in [3.63, 3.8) is 0 Å². The number of hydrogen-bond donors (Lipinski definition) is 0. The van der Waals surface area contributed by atoms with Crippen molar-refractivity contribution in [2.75, 3.05) is 26.2 Å². The van der Waals surface area contributed by atoms with Gasteiger partial charge in [-0.05, 0) is 74.9 Å². The Morgan fingerprint density at radius 1 is 0.824 bits per heavy atom. The number of sulfonamides is 1. The summed E-state index contributed by atoms with van der Waals surface area (Å²) in [5.41, 5.74) is 4.32. The molecule has 0 atom stereocenters. The summed E-state index contributed by atoms with van der Waals surface area (Å²) >= 11 is 0. The van der Waals surface area contributed by atoms with E-state index in [0.29, 0.717) is 43.9 Å². The molecule has 0 aromatic heterocycles. The summed E-state index contributed by atoms with van der Waals surface area (Å²) in [7, 11) is -3.53. The average Bonchev–Trinajstić information content (AvgIpc) is 2.83. The Labute approximate surface area is 204 Å². The summed E-state index contributed by atoms with van der Waals surface area (Å²) in [6.45, 7) is 10.2. The van der Waals surface area contributed by atoms with Gasteiger partial charge in [-0.15, -0.1) is 0 Å². The van der Waals surface area contributed by atoms with E-state index in [2.05, 4.69) is 26.0 Å². The van der Waals surface area contributed by atoms with E-state index in [9.17, 15) is 13.2 Å². The van der Waals surface area contributed by atoms with E-state index in [0.717, 1.165) is 40.8 Å². The topological polar surface area (TPSA) is 66.9 Å². The van der Waals surface area contributed by atoms with Crippen molar-refractivity contribution in [3.05, 3.63) is 58.7 Å². The minimum absolute atomic E-state index is 0.109. The Kier molecular flexibility index (Phi) is 7.33. The molecule has 184 valence electrons. The van der Waals surface area contributed by atoms with Gasteiger partial charge in [0.1, 0.15) is 11.9 Å². The van der Waals surface area contributed by atoms with Crippen molar-refractivity contribution < 1.29 is 17.9 Å². The number of amides is 1. The van der Waals surface area contributed by atoms with Gasteiger partial charge in [0.25, 0.3) is 0 Å². The highest BCUT2D eigenvalue weighted by Crippen LogP contribution is 2.29. The maximum atomic E-state index is 13.2. The zero-order chi connectivity index (χ0) is 24.5. The third kappa shape index (κ3) is 5.15. The molecule has 4 rings (SSSR count). The number of piperidine rings is 2. The summed E-state index contributed by atoms with van der Waals surface area (Å²) < 4.78 is 34.0. The van der Waals surface area contributed by atoms with E-state index in [4.69, 9.17) is 4.74 Å². The molecule has 2 aromatic carbocycles. The summed E-state index contributed by atoms with van der Waals surface area (Å²) in [4.78, 5) is 15.4. The van der Waals surface area contributed by atoms with E-state index in [1.54, 1.807) is 12.1 Å². The van der Waals surface area contributed by atoms with Crippen LogP contribution in [-0.2, 0) is 14.8 Å². The van der Waals surface area contributed by atoms with Gasteiger partial charge in [0.05, 0.1) is 4.90 Å². The molecule has 0 bridgehead atoms. The fourth-order valence-corrected chi connectivity index (χ4v) is 6.53. The molecule has 0 spiro atoms. The van der Waals surface area contributed by atoms with Crippen molar-refractivity contribution in [1.82, 2.24) is 9.21 Å². The van der Waals surface area contributed by atoms with Crippen LogP contribution in [0.4, 0.5) is 0 Å². The molecule has 0 saturated carbocycles. The second kappa shape index (κ2) is 10.1. The molecule has 0 radical (unpaired) electrons. The smallest absolute Gasteiger partial charge is 0.243 e. The van der Waals surface area contributed by atoms with Crippen LogP contribution in [0.15, 0.2) is 41.3 Å². The lowest BCUT2D eigenvalue weighted by molar-refractivity contribution is -0.138. The van der Waals surface area contributed by atoms with Crippen LogP contribution in [0.1, 0.15) is 47.9 Å². The third-order valence-electron chi connectivity index (χ3n) is 7.37. The number of aryl methyl sites for hydroxylation is 4. The number of likely N-dealkylation sites (tertiary alicyclic amines) is 1. The van der Waals surface area contributed by atoms with Gasteiger partial charge >= 0.3 is 0 Å². The Morgan fingerprint density at radius 3 is 2.03 bits per heavy atom. The largest absolute Gasteiger partial charge is 0.490 e. The van der Waals surface area contributed by atoms with E-state index in [-0.39, 0.29) is 17.9 Å². The molecular weight excluding hydrogens is 448 g/mol. The zero-order valence-electron chi connectivity index (χ0n) is 20.7. The van der Waals surface area contributed by atoms with Crippen LogP contribution >= 0.6 is 0 Å². The van der Waals surface area contributed by atoms with Crippen molar-refractivity contribution in [1.29, 1.82) is 0 Å². The summed E-state index contributed by atoms with van der Waals surface area (Å²) in [5.74, 6) is 1.01. The number of para-hydroxylation sites is 1. The van der Waals surface area contributed by atoms with Crippen LogP contribution in [0.25, 0.3) is 0 Å². The minimum atomic E-state index is -3.53. The molecule has 1 amide bonds. The van der Waals surface area contributed by atoms with Crippen LogP contribution in [0.3, 0.4) is 0 Å². The third-order valence-corrected chi connectivity index (χ3v) is 9.26. The van der Waals surface area contributed by atoms with Gasteiger partial charge in [0, 0.05) is 44.9 Å². The molecule has 6 nitrogen and oxygen atoms in total. The van der Waals surface area contributed by atoms with Gasteiger partial charge < -0.3 is 9.64 Å². The first-order valence-electron chi connectivity index (χ1n) is 12.3. The van der Waals surface area contributed by atoms with Crippen molar-refractivity contribution >= 4 is 15.9 Å². The first-order chi connectivity index (χ1) is 16.2. The summed E-state index contributed by atoms with van der Waals surface area (Å²) in [6, 6.07) is 11.4. The van der Waals surface area contributed by atoms with E-state index in [1.807, 2.05) is 30.9 Å². The molecule has 2 aromatic rings. The van der Waals surface area contributed by atoms with Crippen LogP contribution in [0, 0.1) is 33.6 Å². The number of carbonyl (C=O) groups is 1. The lowest BCUT2D eigenvalue weighted by Gasteiger charge is -2.37. The normalized spacial score (nSPS) is 18.8. The van der Waals surface area contributed by atoms with Crippen molar-refractivity contribution in [2.45, 2.75) is 64.4 Å². The van der Waals surface area contributed by atoms with E-state index < -0.39 is 10.0 Å². The Balaban J connectivity index is 1.30. The lowest BCUT2D eigenvalue weighted by atomic mass is 9.95. The molecule has 2 aliphatic heterocycles. The molecular formula is C27H36N2O4S. The highest BCUT2D eigenvalue weighted by atomic mass is 32.2. The predicted octanol–water partition coefficient (Wildman–Crippen LogP) is 4.39. The highest BCUT2D eigenvalue weighted by molar-refractivity contribution is 7.89. The first-order valence-corrected chi connectivity index (χ1v) is 13.7. The summed E-state index contributed by atoms with van der Waals surface area (Å²) in [5, 5.41) is 0. The molecule has 2 heterocycles. The molecule has 2 aliphatic rings. The number of hydrogen-bond acceptors (Lipinski definition) is 4. The number of nitrogens with zero attached hydrogens (tertiary/aromatic N) is 2. The van der Waals surface area contributed by atoms with Gasteiger partial charge in [-0.2, -0.15) is 4.31 Å². The van der Waals surface area contributed by atoms with Gasteiger partial charge in [-0.1, -0.05) is 24.3 Å². The fourth-order valence-electron chi connectivity index (χ4n) is 4.97. The van der Waals surface area contributed by atoms with Crippen LogP contribution in [0.2, 0.25) is 0 Å². The number of ether oxygens (including phenoxy) is 1. The number of carbonyl (C=O) groups excluding carboxylic acids is 1. The number of rotatable bonds is 5. The van der Waals surface area contributed by atoms with Crippen LogP contribution in [-0.4, -0.2) is 55.8 Å². The maximum Gasteiger partial charge on any atom is 0.243 e. The Bertz CT molecular complexity index is 1120. The minimum Gasteiger partial charge on any atom is -0.490 e. The van der Waals surface area contributed by atoms with Crippen LogP contribution < -0.4 is 4.74 Å². The van der Waals surface area contributed by atoms with E-state index >= 15 is 0 Å². The molecule has 2 fully saturated rings. The van der Waals surface area contributed by atoms with Crippen molar-refractivity contribution in [3.8, 4) is 5.75 Å². The van der Waals surface area contributed by atoms with Gasteiger partial charge in [-0.25, -0.2) is 8.42 Å². The Morgan fingerprint density at radius 2 is 1.44 bits per heavy atom. The molecule has 0 unspecified atom stereocenters. The number of benzene rings is 2. The lowest BCUT2D eigenvalue weighted by Crippen LogP contribution is -2.47. The molecule has 2 saturated heterocycles. The molecule has 7 heteroatoms. The Hall–Kier alpha value is -2.38. The monoisotopic (exact) mass is 484 g/mol. The molecule has 0 aliphatic carbocycles. The van der Waals surface area contributed by atoms with Gasteiger partial charge in [-0.3, -0.25) is 4.79 Å². The van der Waals surface area contributed by atoms with Gasteiger partial charge in [0.2, 0.25) is 15.9 Å². The van der Waals surface area contributed by atoms with E-state index in [1.165, 1.54) is 4.31 Å². The van der Waals surface area contributed by atoms with Crippen LogP contribution in [0.5, 0.6) is 5.75 Å². The van der Waals surface area contributed by atoms with Crippen molar-refractivity contribution in [2.24, 2.45) is 5.92 Å². The molecule has 0 N–H and O–H groups in total. The van der Waals surface area contributed by atoms with Gasteiger partial charge in [0.15, 0.2) is 0 Å². The highest BCUT2D eigenvalue weighted by Gasteiger charge is 2.35.